The van der Waals surface area contributed by atoms with Crippen molar-refractivity contribution in [3.05, 3.63) is 73.1 Å². The first-order chi connectivity index (χ1) is 13.3. The van der Waals surface area contributed by atoms with Gasteiger partial charge in [-0.2, -0.15) is 4.98 Å². The van der Waals surface area contributed by atoms with Gasteiger partial charge in [-0.05, 0) is 24.3 Å². The number of nitrogens with one attached hydrogen (secondary N) is 1. The molecule has 3 rings (SSSR count). The predicted octanol–water partition coefficient (Wildman–Crippen LogP) is 3.00. The van der Waals surface area contributed by atoms with Gasteiger partial charge in [0.15, 0.2) is 13.2 Å². The van der Waals surface area contributed by atoms with Crippen molar-refractivity contribution in [3.8, 4) is 22.9 Å². The topological polar surface area (TPSA) is 86.5 Å². The van der Waals surface area contributed by atoms with E-state index in [9.17, 15) is 4.79 Å². The second-order valence-corrected chi connectivity index (χ2v) is 5.49. The summed E-state index contributed by atoms with van der Waals surface area (Å²) in [5, 5.41) is 6.63. The third kappa shape index (κ3) is 5.18. The van der Waals surface area contributed by atoms with Crippen LogP contribution < -0.4 is 14.8 Å². The van der Waals surface area contributed by atoms with Crippen molar-refractivity contribution in [3.63, 3.8) is 0 Å². The number of rotatable bonds is 9. The van der Waals surface area contributed by atoms with Crippen LogP contribution in [0.25, 0.3) is 11.4 Å². The molecule has 0 saturated heterocycles. The van der Waals surface area contributed by atoms with E-state index in [4.69, 9.17) is 14.0 Å². The van der Waals surface area contributed by atoms with Crippen LogP contribution in [0.1, 0.15) is 5.89 Å². The maximum absolute atomic E-state index is 11.7. The Bertz CT molecular complexity index is 893. The largest absolute Gasteiger partial charge is 0.484 e. The molecule has 1 amide bonds. The molecule has 1 N–H and O–H groups in total. The van der Waals surface area contributed by atoms with Crippen molar-refractivity contribution in [2.75, 3.05) is 13.2 Å². The van der Waals surface area contributed by atoms with Crippen LogP contribution in [0.15, 0.2) is 71.8 Å². The highest BCUT2D eigenvalue weighted by Gasteiger charge is 2.14. The van der Waals surface area contributed by atoms with Crippen LogP contribution in [0.2, 0.25) is 0 Å². The zero-order valence-corrected chi connectivity index (χ0v) is 14.6. The van der Waals surface area contributed by atoms with Crippen molar-refractivity contribution in [1.82, 2.24) is 15.5 Å². The van der Waals surface area contributed by atoms with Gasteiger partial charge in [0, 0.05) is 6.54 Å². The van der Waals surface area contributed by atoms with Crippen molar-refractivity contribution >= 4 is 5.91 Å². The zero-order valence-electron chi connectivity index (χ0n) is 14.6. The van der Waals surface area contributed by atoms with E-state index >= 15 is 0 Å². The summed E-state index contributed by atoms with van der Waals surface area (Å²) in [4.78, 5) is 16.0. The molecule has 0 aliphatic carbocycles. The minimum atomic E-state index is -0.241. The summed E-state index contributed by atoms with van der Waals surface area (Å²) in [6.45, 7) is 3.98. The van der Waals surface area contributed by atoms with Gasteiger partial charge in [-0.3, -0.25) is 4.79 Å². The maximum Gasteiger partial charge on any atom is 0.264 e. The molecule has 0 aliphatic rings. The molecule has 1 aromatic heterocycles. The van der Waals surface area contributed by atoms with Crippen molar-refractivity contribution < 1.29 is 18.8 Å². The van der Waals surface area contributed by atoms with E-state index in [1.165, 1.54) is 0 Å². The van der Waals surface area contributed by atoms with E-state index in [1.807, 2.05) is 36.4 Å². The van der Waals surface area contributed by atoms with Gasteiger partial charge < -0.3 is 19.3 Å². The SMILES string of the molecule is C=CCNC(=O)COc1ccccc1-c1noc(COc2ccccc2)n1. The van der Waals surface area contributed by atoms with Gasteiger partial charge in [0.2, 0.25) is 5.82 Å². The van der Waals surface area contributed by atoms with Crippen LogP contribution in [0.4, 0.5) is 0 Å². The van der Waals surface area contributed by atoms with E-state index in [-0.39, 0.29) is 19.1 Å². The van der Waals surface area contributed by atoms with E-state index < -0.39 is 0 Å². The van der Waals surface area contributed by atoms with Gasteiger partial charge in [0.1, 0.15) is 11.5 Å². The number of nitrogens with zero attached hydrogens (tertiary/aromatic N) is 2. The van der Waals surface area contributed by atoms with E-state index in [1.54, 1.807) is 24.3 Å². The molecule has 0 spiro atoms. The van der Waals surface area contributed by atoms with Crippen LogP contribution in [-0.4, -0.2) is 29.2 Å². The summed E-state index contributed by atoms with van der Waals surface area (Å²) in [7, 11) is 0. The Balaban J connectivity index is 1.65. The number of benzene rings is 2. The highest BCUT2D eigenvalue weighted by molar-refractivity contribution is 5.78. The van der Waals surface area contributed by atoms with Gasteiger partial charge >= 0.3 is 0 Å². The van der Waals surface area contributed by atoms with Gasteiger partial charge in [-0.1, -0.05) is 41.6 Å². The molecule has 0 fully saturated rings. The van der Waals surface area contributed by atoms with Crippen molar-refractivity contribution in [2.24, 2.45) is 0 Å². The molecule has 0 unspecified atom stereocenters. The van der Waals surface area contributed by atoms with Crippen LogP contribution in [0.3, 0.4) is 0 Å². The molecule has 0 bridgehead atoms. The molecular weight excluding hydrogens is 346 g/mol. The summed E-state index contributed by atoms with van der Waals surface area (Å²) < 4.78 is 16.4. The second kappa shape index (κ2) is 9.19. The fourth-order valence-electron chi connectivity index (χ4n) is 2.24. The lowest BCUT2D eigenvalue weighted by molar-refractivity contribution is -0.122. The molecule has 0 atom stereocenters. The summed E-state index contributed by atoms with van der Waals surface area (Å²) in [6, 6.07) is 16.5. The standard InChI is InChI=1S/C20H19N3O4/c1-2-12-21-18(24)13-26-17-11-7-6-10-16(17)20-22-19(27-23-20)14-25-15-8-4-3-5-9-15/h2-11H,1,12-14H2,(H,21,24). The van der Waals surface area contributed by atoms with Gasteiger partial charge in [-0.25, -0.2) is 0 Å². The Kier molecular flexibility index (Phi) is 6.19. The molecule has 27 heavy (non-hydrogen) atoms. The van der Waals surface area contributed by atoms with Crippen LogP contribution in [-0.2, 0) is 11.4 Å². The molecule has 1 heterocycles. The number of hydrogen-bond acceptors (Lipinski definition) is 6. The highest BCUT2D eigenvalue weighted by atomic mass is 16.5. The number of aromatic nitrogens is 2. The molecule has 0 aliphatic heterocycles. The van der Waals surface area contributed by atoms with E-state index in [2.05, 4.69) is 22.0 Å². The lowest BCUT2D eigenvalue weighted by Crippen LogP contribution is -2.28. The van der Waals surface area contributed by atoms with Gasteiger partial charge in [0.05, 0.1) is 5.56 Å². The van der Waals surface area contributed by atoms with Crippen LogP contribution >= 0.6 is 0 Å². The number of amides is 1. The Morgan fingerprint density at radius 3 is 2.70 bits per heavy atom. The molecule has 7 heteroatoms. The summed E-state index contributed by atoms with van der Waals surface area (Å²) in [6.07, 6.45) is 1.60. The van der Waals surface area contributed by atoms with E-state index in [0.29, 0.717) is 35.3 Å². The Morgan fingerprint density at radius 1 is 1.11 bits per heavy atom. The Hall–Kier alpha value is -3.61. The number of ether oxygens (including phenoxy) is 2. The summed E-state index contributed by atoms with van der Waals surface area (Å²) in [5.74, 6) is 1.67. The molecule has 3 aromatic rings. The first-order valence-electron chi connectivity index (χ1n) is 8.36. The summed E-state index contributed by atoms with van der Waals surface area (Å²) >= 11 is 0. The smallest absolute Gasteiger partial charge is 0.264 e. The Morgan fingerprint density at radius 2 is 1.89 bits per heavy atom. The number of hydrogen-bond donors (Lipinski definition) is 1. The van der Waals surface area contributed by atoms with Crippen molar-refractivity contribution in [2.45, 2.75) is 6.61 Å². The van der Waals surface area contributed by atoms with Crippen molar-refractivity contribution in [1.29, 1.82) is 0 Å². The first-order valence-corrected chi connectivity index (χ1v) is 8.36. The fraction of sp³-hybridized carbons (Fsp3) is 0.150. The predicted molar refractivity (Wildman–Crippen MR) is 99.2 cm³/mol. The lowest BCUT2D eigenvalue weighted by Gasteiger charge is -2.09. The molecule has 7 nitrogen and oxygen atoms in total. The number of carbonyl (C=O) groups excluding carboxylic acids is 1. The lowest BCUT2D eigenvalue weighted by atomic mass is 10.2. The quantitative estimate of drug-likeness (QED) is 0.587. The average Bonchev–Trinajstić information content (AvgIpc) is 3.19. The summed E-state index contributed by atoms with van der Waals surface area (Å²) in [5.41, 5.74) is 0.628. The molecule has 2 aromatic carbocycles. The fourth-order valence-corrected chi connectivity index (χ4v) is 2.24. The van der Waals surface area contributed by atoms with Gasteiger partial charge in [-0.15, -0.1) is 6.58 Å². The first kappa shape index (κ1) is 18.2. The van der Waals surface area contributed by atoms with Gasteiger partial charge in [0.25, 0.3) is 11.8 Å². The molecule has 0 radical (unpaired) electrons. The zero-order chi connectivity index (χ0) is 18.9. The molecule has 0 saturated carbocycles. The number of carbonyl (C=O) groups is 1. The maximum atomic E-state index is 11.7. The molecule has 138 valence electrons. The second-order valence-electron chi connectivity index (χ2n) is 5.49. The van der Waals surface area contributed by atoms with Crippen LogP contribution in [0.5, 0.6) is 11.5 Å². The number of para-hydroxylation sites is 2. The molecular formula is C20H19N3O4. The Labute approximate surface area is 156 Å². The average molecular weight is 365 g/mol. The van der Waals surface area contributed by atoms with Crippen LogP contribution in [0, 0.1) is 0 Å². The minimum absolute atomic E-state index is 0.118. The monoisotopic (exact) mass is 365 g/mol. The normalized spacial score (nSPS) is 10.2. The van der Waals surface area contributed by atoms with E-state index in [0.717, 1.165) is 0 Å². The third-order valence-electron chi connectivity index (χ3n) is 3.50. The third-order valence-corrected chi connectivity index (χ3v) is 3.50. The highest BCUT2D eigenvalue weighted by Crippen LogP contribution is 2.27. The minimum Gasteiger partial charge on any atom is -0.484 e.